The van der Waals surface area contributed by atoms with Crippen LogP contribution < -0.4 is 5.73 Å². The summed E-state index contributed by atoms with van der Waals surface area (Å²) in [7, 11) is 0. The number of carbonyl (C=O) groups is 1. The van der Waals surface area contributed by atoms with Gasteiger partial charge in [0.25, 0.3) is 5.91 Å². The van der Waals surface area contributed by atoms with Gasteiger partial charge in [0.15, 0.2) is 6.17 Å². The van der Waals surface area contributed by atoms with Crippen LogP contribution in [0.25, 0.3) is 0 Å². The first-order valence-electron chi connectivity index (χ1n) is 4.08. The van der Waals surface area contributed by atoms with Crippen LogP contribution in [0.5, 0.6) is 0 Å². The molecule has 1 amide bonds. The highest BCUT2D eigenvalue weighted by atomic mass is 19.1. The second kappa shape index (κ2) is 4.03. The molecule has 13 heavy (non-hydrogen) atoms. The van der Waals surface area contributed by atoms with Gasteiger partial charge in [0.2, 0.25) is 0 Å². The topological polar surface area (TPSA) is 43.1 Å². The zero-order chi connectivity index (χ0) is 9.84. The van der Waals surface area contributed by atoms with Crippen LogP contribution in [0.3, 0.4) is 0 Å². The summed E-state index contributed by atoms with van der Waals surface area (Å²) < 4.78 is 12.8. The molecule has 2 nitrogen and oxygen atoms in total. The lowest BCUT2D eigenvalue weighted by molar-refractivity contribution is -0.122. The van der Waals surface area contributed by atoms with E-state index in [0.29, 0.717) is 0 Å². The monoisotopic (exact) mass is 181 g/mol. The predicted octanol–water partition coefficient (Wildman–Crippen LogP) is 1.36. The second-order valence-electron chi connectivity index (χ2n) is 3.06. The Bertz CT molecular complexity index is 294. The summed E-state index contributed by atoms with van der Waals surface area (Å²) in [5.74, 6) is -0.902. The van der Waals surface area contributed by atoms with Gasteiger partial charge >= 0.3 is 0 Å². The van der Waals surface area contributed by atoms with Crippen LogP contribution in [0.2, 0.25) is 0 Å². The predicted molar refractivity (Wildman–Crippen MR) is 49.0 cm³/mol. The van der Waals surface area contributed by atoms with E-state index in [2.05, 4.69) is 0 Å². The van der Waals surface area contributed by atoms with Gasteiger partial charge in [-0.3, -0.25) is 4.79 Å². The molecule has 1 aromatic carbocycles. The lowest BCUT2D eigenvalue weighted by Crippen LogP contribution is -2.26. The molecule has 0 aliphatic heterocycles. The molecule has 0 radical (unpaired) electrons. The first kappa shape index (κ1) is 9.71. The highest BCUT2D eigenvalue weighted by Crippen LogP contribution is 2.07. The number of aryl methyl sites for hydroxylation is 1. The van der Waals surface area contributed by atoms with Crippen LogP contribution in [-0.2, 0) is 11.2 Å². The molecule has 0 aromatic heterocycles. The van der Waals surface area contributed by atoms with E-state index in [-0.39, 0.29) is 6.42 Å². The SMILES string of the molecule is Cc1ccc(CC(F)C(N)=O)cc1. The first-order valence-corrected chi connectivity index (χ1v) is 4.08. The number of halogens is 1. The van der Waals surface area contributed by atoms with Gasteiger partial charge in [0, 0.05) is 6.42 Å². The van der Waals surface area contributed by atoms with Crippen molar-refractivity contribution in [2.45, 2.75) is 19.5 Å². The lowest BCUT2D eigenvalue weighted by atomic mass is 10.1. The zero-order valence-electron chi connectivity index (χ0n) is 7.46. The van der Waals surface area contributed by atoms with Crippen LogP contribution >= 0.6 is 0 Å². The van der Waals surface area contributed by atoms with Gasteiger partial charge in [-0.25, -0.2) is 4.39 Å². The summed E-state index contributed by atoms with van der Waals surface area (Å²) in [5, 5.41) is 0. The van der Waals surface area contributed by atoms with Crippen LogP contribution in [0.4, 0.5) is 4.39 Å². The van der Waals surface area contributed by atoms with Crippen molar-refractivity contribution in [3.05, 3.63) is 35.4 Å². The summed E-state index contributed by atoms with van der Waals surface area (Å²) in [6.07, 6.45) is -1.52. The minimum atomic E-state index is -1.58. The maximum Gasteiger partial charge on any atom is 0.252 e. The van der Waals surface area contributed by atoms with E-state index in [1.54, 1.807) is 12.1 Å². The van der Waals surface area contributed by atoms with Crippen molar-refractivity contribution in [2.75, 3.05) is 0 Å². The Kier molecular flexibility index (Phi) is 3.01. The molecule has 70 valence electrons. The average molecular weight is 181 g/mol. The smallest absolute Gasteiger partial charge is 0.252 e. The molecule has 0 saturated carbocycles. The average Bonchev–Trinajstić information content (AvgIpc) is 2.08. The number of hydrogen-bond donors (Lipinski definition) is 1. The summed E-state index contributed by atoms with van der Waals surface area (Å²) in [6, 6.07) is 7.35. The molecule has 0 fully saturated rings. The van der Waals surface area contributed by atoms with Crippen molar-refractivity contribution in [2.24, 2.45) is 5.73 Å². The van der Waals surface area contributed by atoms with E-state index < -0.39 is 12.1 Å². The van der Waals surface area contributed by atoms with Crippen LogP contribution in [0, 0.1) is 6.92 Å². The minimum Gasteiger partial charge on any atom is -0.367 e. The molecule has 0 saturated heterocycles. The molecule has 0 heterocycles. The largest absolute Gasteiger partial charge is 0.367 e. The normalized spacial score (nSPS) is 12.5. The number of carbonyl (C=O) groups excluding carboxylic acids is 1. The van der Waals surface area contributed by atoms with Crippen molar-refractivity contribution in [3.63, 3.8) is 0 Å². The van der Waals surface area contributed by atoms with Gasteiger partial charge in [-0.15, -0.1) is 0 Å². The standard InChI is InChI=1S/C10H12FNO/c1-7-2-4-8(5-3-7)6-9(11)10(12)13/h2-5,9H,6H2,1H3,(H2,12,13). The van der Waals surface area contributed by atoms with Gasteiger partial charge in [0.05, 0.1) is 0 Å². The van der Waals surface area contributed by atoms with Crippen LogP contribution in [-0.4, -0.2) is 12.1 Å². The molecule has 3 heteroatoms. The van der Waals surface area contributed by atoms with Gasteiger partial charge in [-0.05, 0) is 12.5 Å². The molecule has 0 spiro atoms. The van der Waals surface area contributed by atoms with Gasteiger partial charge in [-0.1, -0.05) is 29.8 Å². The van der Waals surface area contributed by atoms with E-state index >= 15 is 0 Å². The quantitative estimate of drug-likeness (QED) is 0.751. The minimum absolute atomic E-state index is 0.0651. The Morgan fingerprint density at radius 2 is 2.00 bits per heavy atom. The van der Waals surface area contributed by atoms with Crippen molar-refractivity contribution in [1.29, 1.82) is 0 Å². The Balaban J connectivity index is 2.64. The van der Waals surface area contributed by atoms with Gasteiger partial charge < -0.3 is 5.73 Å². The molecule has 2 N–H and O–H groups in total. The molecule has 0 aliphatic carbocycles. The Morgan fingerprint density at radius 1 is 1.46 bits per heavy atom. The number of primary amides is 1. The summed E-state index contributed by atoms with van der Waals surface area (Å²) in [6.45, 7) is 1.95. The molecular weight excluding hydrogens is 169 g/mol. The molecule has 0 bridgehead atoms. The molecular formula is C10H12FNO. The fraction of sp³-hybridized carbons (Fsp3) is 0.300. The summed E-state index contributed by atoms with van der Waals surface area (Å²) in [5.41, 5.74) is 6.70. The lowest BCUT2D eigenvalue weighted by Gasteiger charge is -2.03. The third-order valence-corrected chi connectivity index (χ3v) is 1.84. The van der Waals surface area contributed by atoms with Gasteiger partial charge in [-0.2, -0.15) is 0 Å². The number of alkyl halides is 1. The molecule has 1 rings (SSSR count). The van der Waals surface area contributed by atoms with Gasteiger partial charge in [0.1, 0.15) is 0 Å². The third-order valence-electron chi connectivity index (χ3n) is 1.84. The van der Waals surface area contributed by atoms with E-state index in [1.807, 2.05) is 19.1 Å². The Hall–Kier alpha value is -1.38. The number of hydrogen-bond acceptors (Lipinski definition) is 1. The molecule has 0 aliphatic rings. The fourth-order valence-corrected chi connectivity index (χ4v) is 1.03. The van der Waals surface area contributed by atoms with Crippen molar-refractivity contribution in [3.8, 4) is 0 Å². The molecule has 1 aromatic rings. The van der Waals surface area contributed by atoms with E-state index in [9.17, 15) is 9.18 Å². The van der Waals surface area contributed by atoms with Crippen molar-refractivity contribution >= 4 is 5.91 Å². The fourth-order valence-electron chi connectivity index (χ4n) is 1.03. The number of rotatable bonds is 3. The second-order valence-corrected chi connectivity index (χ2v) is 3.06. The van der Waals surface area contributed by atoms with Crippen LogP contribution in [0.1, 0.15) is 11.1 Å². The molecule has 1 atom stereocenters. The van der Waals surface area contributed by atoms with E-state index in [0.717, 1.165) is 11.1 Å². The first-order chi connectivity index (χ1) is 6.09. The zero-order valence-corrected chi connectivity index (χ0v) is 7.46. The Labute approximate surface area is 76.6 Å². The maximum absolute atomic E-state index is 12.8. The highest BCUT2D eigenvalue weighted by Gasteiger charge is 2.13. The number of nitrogens with two attached hydrogens (primary N) is 1. The Morgan fingerprint density at radius 3 is 2.46 bits per heavy atom. The third kappa shape index (κ3) is 2.86. The van der Waals surface area contributed by atoms with E-state index in [1.165, 1.54) is 0 Å². The van der Waals surface area contributed by atoms with Crippen LogP contribution in [0.15, 0.2) is 24.3 Å². The van der Waals surface area contributed by atoms with E-state index in [4.69, 9.17) is 5.73 Å². The summed E-state index contributed by atoms with van der Waals surface area (Å²) >= 11 is 0. The molecule has 1 unspecified atom stereocenters. The summed E-state index contributed by atoms with van der Waals surface area (Å²) in [4.78, 5) is 10.4. The number of benzene rings is 1. The van der Waals surface area contributed by atoms with Crippen molar-refractivity contribution in [1.82, 2.24) is 0 Å². The van der Waals surface area contributed by atoms with Crippen molar-refractivity contribution < 1.29 is 9.18 Å². The maximum atomic E-state index is 12.8. The number of amides is 1. The highest BCUT2D eigenvalue weighted by molar-refractivity contribution is 5.78.